The minimum atomic E-state index is -0.445. The lowest BCUT2D eigenvalue weighted by molar-refractivity contribution is 0.611. The molecule has 0 fully saturated rings. The summed E-state index contributed by atoms with van der Waals surface area (Å²) in [5, 5.41) is 6.05. The van der Waals surface area contributed by atoms with E-state index in [2.05, 4.69) is 20.6 Å². The van der Waals surface area contributed by atoms with Crippen LogP contribution < -0.4 is 10.6 Å². The Hall–Kier alpha value is -2.17. The molecule has 4 nitrogen and oxygen atoms in total. The summed E-state index contributed by atoms with van der Waals surface area (Å²) in [6.45, 7) is 4.01. The highest BCUT2D eigenvalue weighted by Crippen LogP contribution is 2.17. The Kier molecular flexibility index (Phi) is 4.28. The lowest BCUT2D eigenvalue weighted by Crippen LogP contribution is -2.16. The predicted molar refractivity (Wildman–Crippen MR) is 75.1 cm³/mol. The fourth-order valence-corrected chi connectivity index (χ4v) is 1.51. The fraction of sp³-hybridized carbons (Fsp3) is 0.286. The van der Waals surface area contributed by atoms with E-state index in [0.717, 1.165) is 12.1 Å². The minimum Gasteiger partial charge on any atom is -0.365 e. The number of benzene rings is 1. The third-order valence-corrected chi connectivity index (χ3v) is 2.77. The van der Waals surface area contributed by atoms with Crippen molar-refractivity contribution >= 4 is 17.5 Å². The van der Waals surface area contributed by atoms with Crippen molar-refractivity contribution in [2.75, 3.05) is 10.6 Å². The highest BCUT2D eigenvalue weighted by molar-refractivity contribution is 5.54. The normalized spacial score (nSPS) is 11.9. The highest BCUT2D eigenvalue weighted by atomic mass is 19.1. The van der Waals surface area contributed by atoms with Crippen LogP contribution in [0.4, 0.5) is 21.8 Å². The van der Waals surface area contributed by atoms with Gasteiger partial charge in [-0.2, -0.15) is 4.98 Å². The van der Waals surface area contributed by atoms with E-state index < -0.39 is 5.82 Å². The third-order valence-electron chi connectivity index (χ3n) is 2.77. The average Bonchev–Trinajstić information content (AvgIpc) is 2.43. The van der Waals surface area contributed by atoms with Gasteiger partial charge in [-0.05, 0) is 25.5 Å². The molecule has 0 amide bonds. The molecule has 1 aromatic heterocycles. The van der Waals surface area contributed by atoms with Crippen molar-refractivity contribution in [2.24, 2.45) is 0 Å². The number of anilines is 3. The van der Waals surface area contributed by atoms with Gasteiger partial charge in [0.1, 0.15) is 0 Å². The maximum atomic E-state index is 13.6. The number of hydrogen-bond donors (Lipinski definition) is 2. The first-order valence-electron chi connectivity index (χ1n) is 6.30. The van der Waals surface area contributed by atoms with Crippen molar-refractivity contribution < 1.29 is 4.39 Å². The van der Waals surface area contributed by atoms with Crippen LogP contribution in [0.1, 0.15) is 20.3 Å². The summed E-state index contributed by atoms with van der Waals surface area (Å²) in [5.41, 5.74) is 0.864. The zero-order valence-corrected chi connectivity index (χ0v) is 11.0. The average molecular weight is 260 g/mol. The van der Waals surface area contributed by atoms with Gasteiger partial charge < -0.3 is 10.6 Å². The second-order valence-electron chi connectivity index (χ2n) is 4.33. The molecule has 19 heavy (non-hydrogen) atoms. The van der Waals surface area contributed by atoms with Crippen molar-refractivity contribution in [3.8, 4) is 0 Å². The molecular weight excluding hydrogens is 243 g/mol. The number of aromatic nitrogens is 2. The van der Waals surface area contributed by atoms with Gasteiger partial charge in [0.15, 0.2) is 11.6 Å². The summed E-state index contributed by atoms with van der Waals surface area (Å²) in [4.78, 5) is 8.08. The van der Waals surface area contributed by atoms with Crippen LogP contribution in [-0.2, 0) is 0 Å². The van der Waals surface area contributed by atoms with Crippen LogP contribution in [0.15, 0.2) is 36.5 Å². The van der Waals surface area contributed by atoms with Gasteiger partial charge in [-0.1, -0.05) is 25.1 Å². The van der Waals surface area contributed by atoms with Crippen LogP contribution in [0.2, 0.25) is 0 Å². The topological polar surface area (TPSA) is 49.8 Å². The molecule has 0 saturated carbocycles. The maximum absolute atomic E-state index is 13.6. The zero-order chi connectivity index (χ0) is 13.7. The van der Waals surface area contributed by atoms with Crippen molar-refractivity contribution in [3.05, 3.63) is 42.3 Å². The molecule has 2 N–H and O–H groups in total. The molecule has 0 bridgehead atoms. The summed E-state index contributed by atoms with van der Waals surface area (Å²) in [6, 6.07) is 9.69. The van der Waals surface area contributed by atoms with Crippen molar-refractivity contribution in [1.29, 1.82) is 0 Å². The summed E-state index contributed by atoms with van der Waals surface area (Å²) < 4.78 is 13.6. The Morgan fingerprint density at radius 3 is 2.68 bits per heavy atom. The number of hydrogen-bond acceptors (Lipinski definition) is 4. The number of para-hydroxylation sites is 1. The third kappa shape index (κ3) is 3.64. The van der Waals surface area contributed by atoms with Crippen LogP contribution in [-0.4, -0.2) is 16.0 Å². The van der Waals surface area contributed by atoms with Gasteiger partial charge in [0.25, 0.3) is 0 Å². The summed E-state index contributed by atoms with van der Waals surface area (Å²) in [7, 11) is 0. The van der Waals surface area contributed by atoms with Crippen LogP contribution in [0.5, 0.6) is 0 Å². The fourth-order valence-electron chi connectivity index (χ4n) is 1.51. The zero-order valence-electron chi connectivity index (χ0n) is 11.0. The Morgan fingerprint density at radius 2 is 2.00 bits per heavy atom. The van der Waals surface area contributed by atoms with Gasteiger partial charge >= 0.3 is 0 Å². The SMILES string of the molecule is CCC(C)Nc1nc(Nc2ccccc2)ncc1F. The van der Waals surface area contributed by atoms with E-state index in [-0.39, 0.29) is 11.9 Å². The largest absolute Gasteiger partial charge is 0.365 e. The van der Waals surface area contributed by atoms with Crippen molar-refractivity contribution in [2.45, 2.75) is 26.3 Å². The highest BCUT2D eigenvalue weighted by Gasteiger charge is 2.09. The van der Waals surface area contributed by atoms with Gasteiger partial charge in [0.2, 0.25) is 5.95 Å². The van der Waals surface area contributed by atoms with Crippen LogP contribution in [0.3, 0.4) is 0 Å². The van der Waals surface area contributed by atoms with E-state index in [1.165, 1.54) is 6.20 Å². The first-order chi connectivity index (χ1) is 9.19. The molecule has 0 radical (unpaired) electrons. The summed E-state index contributed by atoms with van der Waals surface area (Å²) >= 11 is 0. The Bertz CT molecular complexity index is 530. The van der Waals surface area contributed by atoms with Gasteiger partial charge in [-0.15, -0.1) is 0 Å². The van der Waals surface area contributed by atoms with Gasteiger partial charge in [-0.25, -0.2) is 9.37 Å². The second-order valence-corrected chi connectivity index (χ2v) is 4.33. The molecule has 2 rings (SSSR count). The van der Waals surface area contributed by atoms with E-state index in [4.69, 9.17) is 0 Å². The number of nitrogens with one attached hydrogen (secondary N) is 2. The van der Waals surface area contributed by atoms with Crippen molar-refractivity contribution in [3.63, 3.8) is 0 Å². The maximum Gasteiger partial charge on any atom is 0.229 e. The van der Waals surface area contributed by atoms with E-state index in [9.17, 15) is 4.39 Å². The molecular formula is C14H17FN4. The molecule has 0 spiro atoms. The Morgan fingerprint density at radius 1 is 1.26 bits per heavy atom. The molecule has 0 aliphatic rings. The predicted octanol–water partition coefficient (Wildman–Crippen LogP) is 3.57. The van der Waals surface area contributed by atoms with Gasteiger partial charge in [0.05, 0.1) is 6.20 Å². The first kappa shape index (κ1) is 13.3. The Labute approximate surface area is 112 Å². The Balaban J connectivity index is 2.16. The van der Waals surface area contributed by atoms with E-state index >= 15 is 0 Å². The summed E-state index contributed by atoms with van der Waals surface area (Å²) in [6.07, 6.45) is 2.06. The van der Waals surface area contributed by atoms with E-state index in [1.54, 1.807) is 0 Å². The molecule has 1 atom stereocenters. The standard InChI is InChI=1S/C14H17FN4/c1-3-10(2)17-13-12(15)9-16-14(19-13)18-11-7-5-4-6-8-11/h4-10H,3H2,1-2H3,(H2,16,17,18,19). The molecule has 1 unspecified atom stereocenters. The molecule has 1 aromatic carbocycles. The van der Waals surface area contributed by atoms with Crippen LogP contribution in [0, 0.1) is 5.82 Å². The molecule has 0 aliphatic carbocycles. The minimum absolute atomic E-state index is 0.161. The molecule has 1 heterocycles. The van der Waals surface area contributed by atoms with E-state index in [0.29, 0.717) is 5.95 Å². The van der Waals surface area contributed by atoms with Crippen molar-refractivity contribution in [1.82, 2.24) is 9.97 Å². The first-order valence-corrected chi connectivity index (χ1v) is 6.30. The molecule has 0 aliphatic heterocycles. The smallest absolute Gasteiger partial charge is 0.229 e. The monoisotopic (exact) mass is 260 g/mol. The number of nitrogens with zero attached hydrogens (tertiary/aromatic N) is 2. The molecule has 100 valence electrons. The number of halogens is 1. The quantitative estimate of drug-likeness (QED) is 0.863. The molecule has 5 heteroatoms. The van der Waals surface area contributed by atoms with Gasteiger partial charge in [0, 0.05) is 11.7 Å². The van der Waals surface area contributed by atoms with Crippen LogP contribution >= 0.6 is 0 Å². The summed E-state index contributed by atoms with van der Waals surface area (Å²) in [5.74, 6) is 0.153. The molecule has 2 aromatic rings. The van der Waals surface area contributed by atoms with Crippen LogP contribution in [0.25, 0.3) is 0 Å². The second kappa shape index (κ2) is 6.13. The number of rotatable bonds is 5. The lowest BCUT2D eigenvalue weighted by Gasteiger charge is -2.13. The lowest BCUT2D eigenvalue weighted by atomic mass is 10.2. The molecule has 0 saturated heterocycles. The van der Waals surface area contributed by atoms with E-state index in [1.807, 2.05) is 44.2 Å². The van der Waals surface area contributed by atoms with Gasteiger partial charge in [-0.3, -0.25) is 0 Å².